The smallest absolute Gasteiger partial charge is 0.410 e. The second-order valence-electron chi connectivity index (χ2n) is 7.78. The first-order chi connectivity index (χ1) is 11.7. The molecule has 6 heteroatoms. The first-order valence-electron chi connectivity index (χ1n) is 8.86. The second kappa shape index (κ2) is 8.04. The Morgan fingerprint density at radius 3 is 2.40 bits per heavy atom. The van der Waals surface area contributed by atoms with Crippen LogP contribution in [0.25, 0.3) is 0 Å². The molecule has 0 heterocycles. The molecule has 140 valence electrons. The van der Waals surface area contributed by atoms with Gasteiger partial charge in [-0.1, -0.05) is 24.3 Å². The zero-order valence-electron chi connectivity index (χ0n) is 15.9. The van der Waals surface area contributed by atoms with Gasteiger partial charge in [0.05, 0.1) is 7.11 Å². The van der Waals surface area contributed by atoms with Crippen LogP contribution in [0.3, 0.4) is 0 Å². The molecule has 6 nitrogen and oxygen atoms in total. The molecule has 1 saturated carbocycles. The van der Waals surface area contributed by atoms with Crippen molar-refractivity contribution in [1.29, 1.82) is 0 Å². The van der Waals surface area contributed by atoms with Crippen molar-refractivity contribution in [3.63, 3.8) is 0 Å². The average molecular weight is 350 g/mol. The van der Waals surface area contributed by atoms with Gasteiger partial charge in [0.15, 0.2) is 0 Å². The van der Waals surface area contributed by atoms with E-state index in [2.05, 4.69) is 12.2 Å². The summed E-state index contributed by atoms with van der Waals surface area (Å²) in [6, 6.07) is 0.0355. The van der Waals surface area contributed by atoms with Gasteiger partial charge in [-0.15, -0.1) is 0 Å². The fourth-order valence-electron chi connectivity index (χ4n) is 3.10. The number of hydrogen-bond donors (Lipinski definition) is 0. The fourth-order valence-corrected chi connectivity index (χ4v) is 3.10. The minimum Gasteiger partial charge on any atom is -0.444 e. The zero-order valence-corrected chi connectivity index (χ0v) is 15.9. The minimum atomic E-state index is -0.535. The van der Waals surface area contributed by atoms with Crippen LogP contribution < -0.4 is 0 Å². The molecule has 0 saturated heterocycles. The molecule has 0 radical (unpaired) electrons. The van der Waals surface area contributed by atoms with Crippen molar-refractivity contribution in [2.45, 2.75) is 51.7 Å². The van der Waals surface area contributed by atoms with Gasteiger partial charge in [-0.2, -0.15) is 0 Å². The van der Waals surface area contributed by atoms with Crippen molar-refractivity contribution in [2.24, 2.45) is 11.8 Å². The maximum atomic E-state index is 12.7. The molecule has 2 rings (SSSR count). The fraction of sp³-hybridized carbons (Fsp3) is 0.684. The number of ether oxygens (including phenoxy) is 1. The highest BCUT2D eigenvalue weighted by atomic mass is 16.7. The summed E-state index contributed by atoms with van der Waals surface area (Å²) in [6.07, 6.45) is 10.2. The SMILES string of the molecule is CON(C)C(=O)C1CC(N(CC2C=CC=CC2)C(=O)OC(C)(C)C)C1. The third-order valence-electron chi connectivity index (χ3n) is 4.62. The van der Waals surface area contributed by atoms with Gasteiger partial charge in [0.25, 0.3) is 0 Å². The number of carbonyl (C=O) groups is 2. The molecule has 1 fully saturated rings. The van der Waals surface area contributed by atoms with Crippen LogP contribution in [-0.2, 0) is 14.4 Å². The molecule has 25 heavy (non-hydrogen) atoms. The molecule has 2 aliphatic rings. The Hall–Kier alpha value is -1.82. The molecule has 2 aliphatic carbocycles. The number of carbonyl (C=O) groups excluding carboxylic acids is 2. The Morgan fingerprint density at radius 2 is 1.88 bits per heavy atom. The molecule has 0 aliphatic heterocycles. The van der Waals surface area contributed by atoms with Gasteiger partial charge in [-0.25, -0.2) is 9.86 Å². The molecular weight excluding hydrogens is 320 g/mol. The average Bonchev–Trinajstić information content (AvgIpc) is 2.50. The van der Waals surface area contributed by atoms with Gasteiger partial charge in [-0.3, -0.25) is 9.63 Å². The molecule has 0 N–H and O–H groups in total. The normalized spacial score (nSPS) is 25.2. The van der Waals surface area contributed by atoms with Crippen LogP contribution in [0.15, 0.2) is 24.3 Å². The van der Waals surface area contributed by atoms with Crippen molar-refractivity contribution < 1.29 is 19.2 Å². The molecule has 0 aromatic carbocycles. The van der Waals surface area contributed by atoms with Gasteiger partial charge in [0.2, 0.25) is 5.91 Å². The van der Waals surface area contributed by atoms with E-state index in [4.69, 9.17) is 9.57 Å². The van der Waals surface area contributed by atoms with Crippen LogP contribution in [0, 0.1) is 11.8 Å². The Labute approximate surface area is 150 Å². The highest BCUT2D eigenvalue weighted by Gasteiger charge is 2.42. The van der Waals surface area contributed by atoms with Crippen molar-refractivity contribution in [3.8, 4) is 0 Å². The maximum Gasteiger partial charge on any atom is 0.410 e. The van der Waals surface area contributed by atoms with Crippen LogP contribution in [0.2, 0.25) is 0 Å². The topological polar surface area (TPSA) is 59.1 Å². The standard InChI is InChI=1S/C19H30N2O4/c1-19(2,3)25-18(23)21(13-14-9-7-6-8-10-14)16-11-15(12-16)17(22)20(4)24-5/h6-9,14-16H,10-13H2,1-5H3. The lowest BCUT2D eigenvalue weighted by Crippen LogP contribution is -2.53. The van der Waals surface area contributed by atoms with E-state index >= 15 is 0 Å². The second-order valence-corrected chi connectivity index (χ2v) is 7.78. The summed E-state index contributed by atoms with van der Waals surface area (Å²) < 4.78 is 5.59. The highest BCUT2D eigenvalue weighted by Crippen LogP contribution is 2.35. The lowest BCUT2D eigenvalue weighted by Gasteiger charge is -2.44. The van der Waals surface area contributed by atoms with Crippen LogP contribution in [0.4, 0.5) is 4.79 Å². The molecule has 2 amide bonds. The van der Waals surface area contributed by atoms with E-state index in [1.54, 1.807) is 11.9 Å². The van der Waals surface area contributed by atoms with Crippen LogP contribution in [0.5, 0.6) is 0 Å². The maximum absolute atomic E-state index is 12.7. The number of amides is 2. The zero-order chi connectivity index (χ0) is 18.6. The molecule has 0 aromatic rings. The summed E-state index contributed by atoms with van der Waals surface area (Å²) in [5.74, 6) is 0.152. The van der Waals surface area contributed by atoms with Gasteiger partial charge >= 0.3 is 6.09 Å². The van der Waals surface area contributed by atoms with E-state index in [0.717, 1.165) is 6.42 Å². The summed E-state index contributed by atoms with van der Waals surface area (Å²) in [6.45, 7) is 6.22. The Bertz CT molecular complexity index is 544. The van der Waals surface area contributed by atoms with Crippen LogP contribution in [0.1, 0.15) is 40.0 Å². The Morgan fingerprint density at radius 1 is 1.20 bits per heavy atom. The predicted molar refractivity (Wildman–Crippen MR) is 95.6 cm³/mol. The van der Waals surface area contributed by atoms with E-state index in [-0.39, 0.29) is 29.9 Å². The predicted octanol–water partition coefficient (Wildman–Crippen LogP) is 3.15. The van der Waals surface area contributed by atoms with Crippen molar-refractivity contribution in [3.05, 3.63) is 24.3 Å². The number of hydroxylamine groups is 2. The van der Waals surface area contributed by atoms with Crippen molar-refractivity contribution >= 4 is 12.0 Å². The highest BCUT2D eigenvalue weighted by molar-refractivity contribution is 5.79. The van der Waals surface area contributed by atoms with E-state index in [1.165, 1.54) is 12.2 Å². The number of hydrogen-bond acceptors (Lipinski definition) is 4. The van der Waals surface area contributed by atoms with E-state index in [0.29, 0.717) is 19.4 Å². The number of nitrogens with zero attached hydrogens (tertiary/aromatic N) is 2. The lowest BCUT2D eigenvalue weighted by molar-refractivity contribution is -0.178. The first kappa shape index (κ1) is 19.5. The molecule has 1 atom stereocenters. The summed E-state index contributed by atoms with van der Waals surface area (Å²) >= 11 is 0. The Balaban J connectivity index is 2.00. The van der Waals surface area contributed by atoms with Gasteiger partial charge in [0, 0.05) is 25.6 Å². The lowest BCUT2D eigenvalue weighted by atomic mass is 9.78. The monoisotopic (exact) mass is 350 g/mol. The Kier molecular flexibility index (Phi) is 6.27. The van der Waals surface area contributed by atoms with E-state index < -0.39 is 5.60 Å². The van der Waals surface area contributed by atoms with Crippen molar-refractivity contribution in [1.82, 2.24) is 9.96 Å². The molecule has 0 bridgehead atoms. The van der Waals surface area contributed by atoms with E-state index in [9.17, 15) is 9.59 Å². The van der Waals surface area contributed by atoms with Crippen LogP contribution >= 0.6 is 0 Å². The summed E-state index contributed by atoms with van der Waals surface area (Å²) in [5, 5.41) is 1.26. The molecule has 0 aromatic heterocycles. The van der Waals surface area contributed by atoms with Gasteiger partial charge in [-0.05, 0) is 46.0 Å². The largest absolute Gasteiger partial charge is 0.444 e. The molecule has 0 spiro atoms. The minimum absolute atomic E-state index is 0.0355. The summed E-state index contributed by atoms with van der Waals surface area (Å²) in [5.41, 5.74) is -0.535. The van der Waals surface area contributed by atoms with Crippen molar-refractivity contribution in [2.75, 3.05) is 20.7 Å². The quantitative estimate of drug-likeness (QED) is 0.715. The van der Waals surface area contributed by atoms with Gasteiger partial charge in [0.1, 0.15) is 5.60 Å². The summed E-state index contributed by atoms with van der Waals surface area (Å²) in [4.78, 5) is 31.6. The number of rotatable bonds is 5. The third kappa shape index (κ3) is 5.33. The third-order valence-corrected chi connectivity index (χ3v) is 4.62. The number of allylic oxidation sites excluding steroid dienone is 3. The summed E-state index contributed by atoms with van der Waals surface area (Å²) in [7, 11) is 3.09. The first-order valence-corrected chi connectivity index (χ1v) is 8.86. The molecular formula is C19H30N2O4. The molecule has 1 unspecified atom stereocenters. The van der Waals surface area contributed by atoms with E-state index in [1.807, 2.05) is 32.9 Å². The van der Waals surface area contributed by atoms with Crippen LogP contribution in [-0.4, -0.2) is 54.3 Å². The van der Waals surface area contributed by atoms with Gasteiger partial charge < -0.3 is 9.64 Å².